The monoisotopic (exact) mass is 238 g/mol. The summed E-state index contributed by atoms with van der Waals surface area (Å²) in [6.45, 7) is 10.9. The number of nitrogens with zero attached hydrogens (tertiary/aromatic N) is 1. The lowest BCUT2D eigenvalue weighted by Crippen LogP contribution is -2.43. The highest BCUT2D eigenvalue weighted by molar-refractivity contribution is 4.91. The van der Waals surface area contributed by atoms with Crippen molar-refractivity contribution in [3.8, 4) is 0 Å². The van der Waals surface area contributed by atoms with Gasteiger partial charge in [-0.05, 0) is 50.5 Å². The second kappa shape index (κ2) is 5.71. The van der Waals surface area contributed by atoms with E-state index in [9.17, 15) is 0 Å². The van der Waals surface area contributed by atoms with Crippen LogP contribution in [0.4, 0.5) is 0 Å². The van der Waals surface area contributed by atoms with Gasteiger partial charge < -0.3 is 5.32 Å². The van der Waals surface area contributed by atoms with Crippen molar-refractivity contribution in [2.75, 3.05) is 19.6 Å². The molecule has 1 unspecified atom stereocenters. The van der Waals surface area contributed by atoms with Crippen LogP contribution in [-0.2, 0) is 0 Å². The summed E-state index contributed by atoms with van der Waals surface area (Å²) in [7, 11) is 0. The first kappa shape index (κ1) is 13.4. The third-order valence-corrected chi connectivity index (χ3v) is 4.41. The van der Waals surface area contributed by atoms with Crippen molar-refractivity contribution in [3.05, 3.63) is 0 Å². The summed E-state index contributed by atoms with van der Waals surface area (Å²) in [5.74, 6) is 0. The molecule has 0 aromatic carbocycles. The van der Waals surface area contributed by atoms with Crippen LogP contribution in [0.15, 0.2) is 0 Å². The smallest absolute Gasteiger partial charge is 0.00966 e. The fourth-order valence-corrected chi connectivity index (χ4v) is 2.58. The summed E-state index contributed by atoms with van der Waals surface area (Å²) in [6, 6.07) is 1.77. The van der Waals surface area contributed by atoms with Gasteiger partial charge in [-0.25, -0.2) is 0 Å². The van der Waals surface area contributed by atoms with Crippen LogP contribution in [0.2, 0.25) is 0 Å². The number of nitrogens with one attached hydrogen (secondary N) is 1. The molecule has 2 heteroatoms. The molecule has 1 atom stereocenters. The molecule has 0 saturated heterocycles. The molecule has 0 heterocycles. The van der Waals surface area contributed by atoms with Crippen LogP contribution in [0.1, 0.15) is 59.3 Å². The van der Waals surface area contributed by atoms with Gasteiger partial charge in [0.1, 0.15) is 0 Å². The molecule has 2 aliphatic rings. The average molecular weight is 238 g/mol. The highest BCUT2D eigenvalue weighted by Crippen LogP contribution is 2.32. The highest BCUT2D eigenvalue weighted by Gasteiger charge is 2.34. The fraction of sp³-hybridized carbons (Fsp3) is 1.00. The van der Waals surface area contributed by atoms with E-state index in [1.54, 1.807) is 0 Å². The largest absolute Gasteiger partial charge is 0.313 e. The molecule has 2 aliphatic carbocycles. The molecule has 0 radical (unpaired) electrons. The van der Waals surface area contributed by atoms with E-state index >= 15 is 0 Å². The van der Waals surface area contributed by atoms with Crippen LogP contribution in [-0.4, -0.2) is 36.6 Å². The van der Waals surface area contributed by atoms with E-state index < -0.39 is 0 Å². The number of hydrogen-bond donors (Lipinski definition) is 1. The summed E-state index contributed by atoms with van der Waals surface area (Å²) < 4.78 is 0. The van der Waals surface area contributed by atoms with E-state index in [0.29, 0.717) is 5.41 Å². The van der Waals surface area contributed by atoms with Crippen LogP contribution in [0.5, 0.6) is 0 Å². The minimum atomic E-state index is 0.473. The van der Waals surface area contributed by atoms with E-state index in [-0.39, 0.29) is 0 Å². The maximum absolute atomic E-state index is 3.73. The third kappa shape index (κ3) is 4.26. The molecule has 0 amide bonds. The van der Waals surface area contributed by atoms with Crippen LogP contribution in [0, 0.1) is 5.41 Å². The summed E-state index contributed by atoms with van der Waals surface area (Å²) in [5.41, 5.74) is 0.473. The Morgan fingerprint density at radius 1 is 1.18 bits per heavy atom. The van der Waals surface area contributed by atoms with Crippen molar-refractivity contribution in [2.24, 2.45) is 5.41 Å². The van der Waals surface area contributed by atoms with Gasteiger partial charge >= 0.3 is 0 Å². The van der Waals surface area contributed by atoms with E-state index in [1.165, 1.54) is 58.2 Å². The third-order valence-electron chi connectivity index (χ3n) is 4.41. The Kier molecular flexibility index (Phi) is 4.48. The lowest BCUT2D eigenvalue weighted by atomic mass is 9.86. The first-order chi connectivity index (χ1) is 8.17. The highest BCUT2D eigenvalue weighted by atomic mass is 15.2. The zero-order valence-corrected chi connectivity index (χ0v) is 12.0. The molecule has 2 rings (SSSR count). The maximum Gasteiger partial charge on any atom is 0.00966 e. The van der Waals surface area contributed by atoms with Gasteiger partial charge in [-0.1, -0.05) is 20.8 Å². The molecule has 2 saturated carbocycles. The number of rotatable bonds is 9. The van der Waals surface area contributed by atoms with Crippen LogP contribution in [0.25, 0.3) is 0 Å². The minimum absolute atomic E-state index is 0.473. The van der Waals surface area contributed by atoms with Gasteiger partial charge in [0.05, 0.1) is 0 Å². The Balaban J connectivity index is 1.81. The van der Waals surface area contributed by atoms with E-state index in [1.807, 2.05) is 0 Å². The Bertz CT molecular complexity index is 233. The zero-order chi connectivity index (χ0) is 12.3. The Labute approximate surface area is 107 Å². The van der Waals surface area contributed by atoms with E-state index in [0.717, 1.165) is 12.1 Å². The molecule has 17 heavy (non-hydrogen) atoms. The predicted molar refractivity (Wildman–Crippen MR) is 74.3 cm³/mol. The van der Waals surface area contributed by atoms with Gasteiger partial charge in [0.15, 0.2) is 0 Å². The topological polar surface area (TPSA) is 15.3 Å². The molecular formula is C15H30N2. The van der Waals surface area contributed by atoms with Crippen molar-refractivity contribution in [1.29, 1.82) is 0 Å². The molecule has 0 aromatic heterocycles. The summed E-state index contributed by atoms with van der Waals surface area (Å²) in [6.07, 6.45) is 8.28. The van der Waals surface area contributed by atoms with Gasteiger partial charge in [-0.3, -0.25) is 4.90 Å². The van der Waals surface area contributed by atoms with Gasteiger partial charge in [-0.15, -0.1) is 0 Å². The van der Waals surface area contributed by atoms with Crippen molar-refractivity contribution in [3.63, 3.8) is 0 Å². The second-order valence-corrected chi connectivity index (χ2v) is 6.52. The summed E-state index contributed by atoms with van der Waals surface area (Å²) in [5, 5.41) is 3.73. The minimum Gasteiger partial charge on any atom is -0.313 e. The quantitative estimate of drug-likeness (QED) is 0.664. The van der Waals surface area contributed by atoms with E-state index in [2.05, 4.69) is 31.0 Å². The molecule has 2 fully saturated rings. The molecule has 0 spiro atoms. The van der Waals surface area contributed by atoms with Crippen LogP contribution >= 0.6 is 0 Å². The summed E-state index contributed by atoms with van der Waals surface area (Å²) >= 11 is 0. The zero-order valence-electron chi connectivity index (χ0n) is 12.0. The normalized spacial score (nSPS) is 24.0. The van der Waals surface area contributed by atoms with Crippen LogP contribution in [0.3, 0.4) is 0 Å². The standard InChI is InChI=1S/C15H30N2/c1-4-10-17(14-8-9-14)12-15(3,5-2)11-16-13-6-7-13/h13-14,16H,4-12H2,1-3H3. The van der Waals surface area contributed by atoms with Crippen molar-refractivity contribution in [1.82, 2.24) is 10.2 Å². The van der Waals surface area contributed by atoms with Crippen molar-refractivity contribution >= 4 is 0 Å². The Morgan fingerprint density at radius 3 is 2.35 bits per heavy atom. The van der Waals surface area contributed by atoms with E-state index in [4.69, 9.17) is 0 Å². The van der Waals surface area contributed by atoms with Gasteiger partial charge in [0, 0.05) is 25.2 Å². The Hall–Kier alpha value is -0.0800. The second-order valence-electron chi connectivity index (χ2n) is 6.52. The van der Waals surface area contributed by atoms with Crippen molar-refractivity contribution < 1.29 is 0 Å². The van der Waals surface area contributed by atoms with Crippen molar-refractivity contribution in [2.45, 2.75) is 71.4 Å². The van der Waals surface area contributed by atoms with Gasteiger partial charge in [-0.2, -0.15) is 0 Å². The molecule has 0 bridgehead atoms. The molecular weight excluding hydrogens is 208 g/mol. The lowest BCUT2D eigenvalue weighted by Gasteiger charge is -2.35. The van der Waals surface area contributed by atoms with Gasteiger partial charge in [0.2, 0.25) is 0 Å². The average Bonchev–Trinajstić information content (AvgIpc) is 3.19. The lowest BCUT2D eigenvalue weighted by molar-refractivity contribution is 0.147. The first-order valence-corrected chi connectivity index (χ1v) is 7.64. The predicted octanol–water partition coefficient (Wildman–Crippen LogP) is 3.03. The molecule has 100 valence electrons. The number of hydrogen-bond acceptors (Lipinski definition) is 2. The molecule has 0 aromatic rings. The molecule has 0 aliphatic heterocycles. The SMILES string of the molecule is CCCN(CC(C)(CC)CNC1CC1)C1CC1. The Morgan fingerprint density at radius 2 is 1.88 bits per heavy atom. The molecule has 2 nitrogen and oxygen atoms in total. The summed E-state index contributed by atoms with van der Waals surface area (Å²) in [4.78, 5) is 2.75. The van der Waals surface area contributed by atoms with Gasteiger partial charge in [0.25, 0.3) is 0 Å². The van der Waals surface area contributed by atoms with Crippen LogP contribution < -0.4 is 5.32 Å². The fourth-order valence-electron chi connectivity index (χ4n) is 2.58. The maximum atomic E-state index is 3.73. The first-order valence-electron chi connectivity index (χ1n) is 7.64. The molecule has 1 N–H and O–H groups in total.